The zero-order chi connectivity index (χ0) is 24.4. The number of unbranched alkanes of at least 4 members (excludes halogenated alkanes) is 2. The Morgan fingerprint density at radius 1 is 0.812 bits per heavy atom. The molecule has 0 saturated carbocycles. The second kappa shape index (κ2) is 17.7. The van der Waals surface area contributed by atoms with Gasteiger partial charge in [-0.1, -0.05) is 18.2 Å². The lowest BCUT2D eigenvalue weighted by atomic mass is 10.1. The third-order valence-electron chi connectivity index (χ3n) is 4.30. The van der Waals surface area contributed by atoms with E-state index in [9.17, 15) is 24.3 Å². The van der Waals surface area contributed by atoms with Gasteiger partial charge in [-0.2, -0.15) is 0 Å². The Morgan fingerprint density at radius 2 is 1.28 bits per heavy atom. The minimum Gasteiger partial charge on any atom is -0.479 e. The van der Waals surface area contributed by atoms with E-state index in [1.807, 2.05) is 6.07 Å². The van der Waals surface area contributed by atoms with Crippen LogP contribution >= 0.6 is 0 Å². The highest BCUT2D eigenvalue weighted by Crippen LogP contribution is 2.09. The van der Waals surface area contributed by atoms with E-state index < -0.39 is 24.1 Å². The summed E-state index contributed by atoms with van der Waals surface area (Å²) in [5.41, 5.74) is 0.654. The number of aliphatic hydroxyl groups excluding tert-OH is 2. The van der Waals surface area contributed by atoms with E-state index in [1.165, 1.54) is 14.2 Å². The molecule has 1 amide bonds. The first kappa shape index (κ1) is 29.0. The van der Waals surface area contributed by atoms with Crippen LogP contribution in [-0.4, -0.2) is 65.6 Å². The molecule has 32 heavy (non-hydrogen) atoms. The Morgan fingerprint density at radius 3 is 1.72 bits per heavy atom. The standard InChI is InChI=1S/C14H19NO4.C8H14O5/c1-19-13(17)10-6-5-9-12(16)14(18)15-11-7-3-2-4-8-11;1-13-7(10)5-3-2-4-6(9)8(11)12/h2-4,7-8,12,16H,5-6,9-10H2,1H3,(H,15,18);6,9H,2-5H2,1H3,(H,11,12). The van der Waals surface area contributed by atoms with Gasteiger partial charge in [0, 0.05) is 18.5 Å². The van der Waals surface area contributed by atoms with Gasteiger partial charge in [0.05, 0.1) is 14.2 Å². The van der Waals surface area contributed by atoms with Gasteiger partial charge in [-0.05, 0) is 50.7 Å². The molecule has 0 aliphatic carbocycles. The van der Waals surface area contributed by atoms with E-state index in [4.69, 9.17) is 10.2 Å². The lowest BCUT2D eigenvalue weighted by Crippen LogP contribution is -2.27. The van der Waals surface area contributed by atoms with Crippen LogP contribution in [0, 0.1) is 0 Å². The van der Waals surface area contributed by atoms with Crippen LogP contribution in [0.25, 0.3) is 0 Å². The first-order valence-electron chi connectivity index (χ1n) is 10.3. The molecule has 0 bridgehead atoms. The van der Waals surface area contributed by atoms with E-state index in [-0.39, 0.29) is 24.8 Å². The molecule has 10 nitrogen and oxygen atoms in total. The summed E-state index contributed by atoms with van der Waals surface area (Å²) in [5, 5.41) is 29.4. The maximum Gasteiger partial charge on any atom is 0.332 e. The molecule has 2 unspecified atom stereocenters. The number of rotatable bonds is 13. The molecule has 0 spiro atoms. The number of carboxylic acids is 1. The Kier molecular flexibility index (Phi) is 16.0. The number of hydrogen-bond donors (Lipinski definition) is 4. The number of ether oxygens (including phenoxy) is 2. The highest BCUT2D eigenvalue weighted by molar-refractivity contribution is 5.93. The number of aliphatic hydroxyl groups is 2. The van der Waals surface area contributed by atoms with Crippen molar-refractivity contribution in [3.05, 3.63) is 30.3 Å². The van der Waals surface area contributed by atoms with Crippen LogP contribution in [0.2, 0.25) is 0 Å². The molecule has 2 atom stereocenters. The molecule has 1 rings (SSSR count). The van der Waals surface area contributed by atoms with Crippen LogP contribution in [0.15, 0.2) is 30.3 Å². The normalized spacial score (nSPS) is 11.9. The number of esters is 2. The number of amides is 1. The van der Waals surface area contributed by atoms with E-state index in [0.29, 0.717) is 44.2 Å². The molecule has 4 N–H and O–H groups in total. The van der Waals surface area contributed by atoms with Crippen molar-refractivity contribution in [2.75, 3.05) is 19.5 Å². The number of methoxy groups -OCH3 is 2. The Balaban J connectivity index is 0.000000649. The van der Waals surface area contributed by atoms with Gasteiger partial charge in [0.25, 0.3) is 5.91 Å². The fraction of sp³-hybridized carbons (Fsp3) is 0.545. The summed E-state index contributed by atoms with van der Waals surface area (Å²) in [5.74, 6) is -2.24. The molecule has 180 valence electrons. The minimum atomic E-state index is -1.32. The third-order valence-corrected chi connectivity index (χ3v) is 4.30. The van der Waals surface area contributed by atoms with Crippen LogP contribution in [-0.2, 0) is 28.7 Å². The molecule has 1 aromatic carbocycles. The van der Waals surface area contributed by atoms with Crippen molar-refractivity contribution < 1.29 is 44.0 Å². The predicted molar refractivity (Wildman–Crippen MR) is 116 cm³/mol. The fourth-order valence-electron chi connectivity index (χ4n) is 2.42. The number of para-hydroxylation sites is 1. The Hall–Kier alpha value is -2.98. The summed E-state index contributed by atoms with van der Waals surface area (Å²) in [6.07, 6.45) is 0.935. The molecule has 0 saturated heterocycles. The summed E-state index contributed by atoms with van der Waals surface area (Å²) in [7, 11) is 2.64. The lowest BCUT2D eigenvalue weighted by molar-refractivity contribution is -0.147. The molecular weight excluding hydrogens is 422 g/mol. The van der Waals surface area contributed by atoms with Gasteiger partial charge in [0.15, 0.2) is 6.10 Å². The van der Waals surface area contributed by atoms with Crippen molar-refractivity contribution in [3.63, 3.8) is 0 Å². The van der Waals surface area contributed by atoms with E-state index >= 15 is 0 Å². The van der Waals surface area contributed by atoms with E-state index in [0.717, 1.165) is 0 Å². The first-order chi connectivity index (χ1) is 15.2. The second-order valence-corrected chi connectivity index (χ2v) is 6.87. The van der Waals surface area contributed by atoms with Crippen molar-refractivity contribution >= 4 is 29.5 Å². The summed E-state index contributed by atoms with van der Waals surface area (Å²) in [6.45, 7) is 0. The number of aliphatic carboxylic acids is 1. The van der Waals surface area contributed by atoms with Crippen molar-refractivity contribution in [2.24, 2.45) is 0 Å². The Labute approximate surface area is 187 Å². The number of carboxylic acid groups (broad SMARTS) is 1. The summed E-state index contributed by atoms with van der Waals surface area (Å²) < 4.78 is 8.89. The molecule has 0 radical (unpaired) electrons. The number of carbonyl (C=O) groups is 4. The van der Waals surface area contributed by atoms with Gasteiger partial charge in [0.1, 0.15) is 6.10 Å². The number of anilines is 1. The molecule has 0 fully saturated rings. The van der Waals surface area contributed by atoms with Gasteiger partial charge in [-0.3, -0.25) is 14.4 Å². The van der Waals surface area contributed by atoms with Gasteiger partial charge in [0.2, 0.25) is 0 Å². The summed E-state index contributed by atoms with van der Waals surface area (Å²) in [6, 6.07) is 8.96. The van der Waals surface area contributed by atoms with Gasteiger partial charge in [-0.25, -0.2) is 4.79 Å². The number of benzene rings is 1. The highest BCUT2D eigenvalue weighted by atomic mass is 16.5. The van der Waals surface area contributed by atoms with Gasteiger partial charge in [-0.15, -0.1) is 0 Å². The zero-order valence-corrected chi connectivity index (χ0v) is 18.5. The van der Waals surface area contributed by atoms with Crippen LogP contribution in [0.4, 0.5) is 5.69 Å². The molecule has 0 aliphatic rings. The van der Waals surface area contributed by atoms with Crippen molar-refractivity contribution in [1.29, 1.82) is 0 Å². The summed E-state index contributed by atoms with van der Waals surface area (Å²) in [4.78, 5) is 43.2. The topological polar surface area (TPSA) is 159 Å². The maximum atomic E-state index is 11.6. The monoisotopic (exact) mass is 455 g/mol. The van der Waals surface area contributed by atoms with Crippen LogP contribution in [0.1, 0.15) is 51.4 Å². The van der Waals surface area contributed by atoms with Crippen molar-refractivity contribution in [2.45, 2.75) is 63.6 Å². The molecule has 0 aliphatic heterocycles. The Bertz CT molecular complexity index is 694. The highest BCUT2D eigenvalue weighted by Gasteiger charge is 2.15. The van der Waals surface area contributed by atoms with Crippen molar-refractivity contribution in [1.82, 2.24) is 0 Å². The third kappa shape index (κ3) is 14.9. The minimum absolute atomic E-state index is 0.173. The average molecular weight is 456 g/mol. The maximum absolute atomic E-state index is 11.6. The smallest absolute Gasteiger partial charge is 0.332 e. The lowest BCUT2D eigenvalue weighted by Gasteiger charge is -2.11. The average Bonchev–Trinajstić information content (AvgIpc) is 2.79. The quantitative estimate of drug-likeness (QED) is 0.257. The second-order valence-electron chi connectivity index (χ2n) is 6.87. The number of carbonyl (C=O) groups excluding carboxylic acids is 3. The molecule has 1 aromatic rings. The van der Waals surface area contributed by atoms with Gasteiger partial charge >= 0.3 is 17.9 Å². The van der Waals surface area contributed by atoms with Crippen molar-refractivity contribution in [3.8, 4) is 0 Å². The number of nitrogens with one attached hydrogen (secondary N) is 1. The van der Waals surface area contributed by atoms with Crippen LogP contribution in [0.3, 0.4) is 0 Å². The molecule has 10 heteroatoms. The van der Waals surface area contributed by atoms with Gasteiger partial charge < -0.3 is 30.1 Å². The first-order valence-corrected chi connectivity index (χ1v) is 10.3. The molecule has 0 aromatic heterocycles. The summed E-state index contributed by atoms with van der Waals surface area (Å²) >= 11 is 0. The molecular formula is C22H33NO9. The van der Waals surface area contributed by atoms with E-state index in [2.05, 4.69) is 14.8 Å². The largest absolute Gasteiger partial charge is 0.479 e. The van der Waals surface area contributed by atoms with Crippen LogP contribution in [0.5, 0.6) is 0 Å². The predicted octanol–water partition coefficient (Wildman–Crippen LogP) is 1.88. The van der Waals surface area contributed by atoms with E-state index in [1.54, 1.807) is 24.3 Å². The fourth-order valence-corrected chi connectivity index (χ4v) is 2.42. The zero-order valence-electron chi connectivity index (χ0n) is 18.5. The SMILES string of the molecule is COC(=O)CCCCC(O)C(=O)Nc1ccccc1.COC(=O)CCCCC(O)C(=O)O. The number of hydrogen-bond acceptors (Lipinski definition) is 8. The molecule has 0 heterocycles. The van der Waals surface area contributed by atoms with Crippen LogP contribution < -0.4 is 5.32 Å².